The molecule has 0 rings (SSSR count). The van der Waals surface area contributed by atoms with Gasteiger partial charge in [0.05, 0.1) is 6.07 Å². The summed E-state index contributed by atoms with van der Waals surface area (Å²) in [5.74, 6) is 0.0722. The van der Waals surface area contributed by atoms with E-state index in [1.165, 1.54) is 0 Å². The molecular weight excluding hydrogens is 264 g/mol. The molecule has 0 aliphatic rings. The van der Waals surface area contributed by atoms with Gasteiger partial charge in [0.1, 0.15) is 0 Å². The van der Waals surface area contributed by atoms with Gasteiger partial charge in [-0.2, -0.15) is 9.57 Å². The lowest BCUT2D eigenvalue weighted by molar-refractivity contribution is 0.375. The maximum Gasteiger partial charge on any atom is 0.228 e. The SMILES string of the molecule is CC(C)CN(CCC#N)S(=O)(=O)CS(C)(=O)=O. The predicted octanol–water partition coefficient (Wildman–Crippen LogP) is 0.190. The number of hydrogen-bond donors (Lipinski definition) is 0. The fourth-order valence-corrected chi connectivity index (χ4v) is 4.93. The topological polar surface area (TPSA) is 95.3 Å². The van der Waals surface area contributed by atoms with Gasteiger partial charge in [0.25, 0.3) is 0 Å². The Morgan fingerprint density at radius 1 is 1.24 bits per heavy atom. The molecule has 0 aromatic carbocycles. The Labute approximate surface area is 103 Å². The Bertz CT molecular complexity index is 474. The summed E-state index contributed by atoms with van der Waals surface area (Å²) in [6.07, 6.45) is 0.929. The maximum absolute atomic E-state index is 11.8. The molecule has 0 spiro atoms. The van der Waals surface area contributed by atoms with Gasteiger partial charge in [-0.1, -0.05) is 13.8 Å². The van der Waals surface area contributed by atoms with Gasteiger partial charge in [0.15, 0.2) is 14.9 Å². The molecule has 0 bridgehead atoms. The van der Waals surface area contributed by atoms with Crippen molar-refractivity contribution in [3.8, 4) is 6.07 Å². The van der Waals surface area contributed by atoms with Crippen molar-refractivity contribution in [1.82, 2.24) is 4.31 Å². The van der Waals surface area contributed by atoms with E-state index in [9.17, 15) is 16.8 Å². The van der Waals surface area contributed by atoms with Crippen LogP contribution in [0.4, 0.5) is 0 Å². The van der Waals surface area contributed by atoms with Gasteiger partial charge in [-0.3, -0.25) is 0 Å². The Kier molecular flexibility index (Phi) is 6.09. The number of sulfonamides is 1. The first-order valence-corrected chi connectivity index (χ1v) is 8.78. The molecule has 8 heteroatoms. The van der Waals surface area contributed by atoms with Crippen molar-refractivity contribution >= 4 is 19.9 Å². The third-order valence-corrected chi connectivity index (χ3v) is 5.82. The van der Waals surface area contributed by atoms with Crippen LogP contribution in [-0.2, 0) is 19.9 Å². The van der Waals surface area contributed by atoms with E-state index in [1.54, 1.807) is 0 Å². The average Bonchev–Trinajstić information content (AvgIpc) is 2.07. The van der Waals surface area contributed by atoms with E-state index in [2.05, 4.69) is 0 Å². The molecule has 6 nitrogen and oxygen atoms in total. The Morgan fingerprint density at radius 3 is 2.12 bits per heavy atom. The zero-order valence-electron chi connectivity index (χ0n) is 10.2. The van der Waals surface area contributed by atoms with Gasteiger partial charge in [0.2, 0.25) is 10.0 Å². The van der Waals surface area contributed by atoms with E-state index >= 15 is 0 Å². The predicted molar refractivity (Wildman–Crippen MR) is 65.3 cm³/mol. The van der Waals surface area contributed by atoms with Crippen molar-refractivity contribution in [2.45, 2.75) is 20.3 Å². The summed E-state index contributed by atoms with van der Waals surface area (Å²) in [7, 11) is -7.45. The highest BCUT2D eigenvalue weighted by atomic mass is 32.3. The Morgan fingerprint density at radius 2 is 1.76 bits per heavy atom. The number of hydrogen-bond acceptors (Lipinski definition) is 5. The summed E-state index contributed by atoms with van der Waals surface area (Å²) in [5.41, 5.74) is 0. The van der Waals surface area contributed by atoms with Crippen molar-refractivity contribution in [3.63, 3.8) is 0 Å². The van der Waals surface area contributed by atoms with Gasteiger partial charge >= 0.3 is 0 Å². The van der Waals surface area contributed by atoms with Crippen LogP contribution in [-0.4, -0.2) is 45.6 Å². The highest BCUT2D eigenvalue weighted by Gasteiger charge is 2.26. The third-order valence-electron chi connectivity index (χ3n) is 1.80. The minimum Gasteiger partial charge on any atom is -0.228 e. The molecule has 0 N–H and O–H groups in total. The molecule has 0 fully saturated rings. The molecule has 17 heavy (non-hydrogen) atoms. The molecule has 100 valence electrons. The molecule has 0 aliphatic carbocycles. The largest absolute Gasteiger partial charge is 0.228 e. The van der Waals surface area contributed by atoms with Gasteiger partial charge in [-0.05, 0) is 5.92 Å². The molecule has 0 saturated heterocycles. The smallest absolute Gasteiger partial charge is 0.228 e. The lowest BCUT2D eigenvalue weighted by atomic mass is 10.2. The molecule has 0 unspecified atom stereocenters. The van der Waals surface area contributed by atoms with E-state index in [0.29, 0.717) is 0 Å². The van der Waals surface area contributed by atoms with E-state index in [1.807, 2.05) is 19.9 Å². The first kappa shape index (κ1) is 16.4. The van der Waals surface area contributed by atoms with E-state index in [0.717, 1.165) is 10.6 Å². The minimum absolute atomic E-state index is 0.0343. The molecule has 0 saturated carbocycles. The van der Waals surface area contributed by atoms with Crippen molar-refractivity contribution < 1.29 is 16.8 Å². The quantitative estimate of drug-likeness (QED) is 0.664. The molecule has 0 atom stereocenters. The number of nitrogens with zero attached hydrogens (tertiary/aromatic N) is 2. The first-order valence-electron chi connectivity index (χ1n) is 5.11. The highest BCUT2D eigenvalue weighted by Crippen LogP contribution is 2.09. The van der Waals surface area contributed by atoms with Crippen molar-refractivity contribution in [1.29, 1.82) is 5.26 Å². The van der Waals surface area contributed by atoms with Crippen molar-refractivity contribution in [2.75, 3.05) is 24.4 Å². The van der Waals surface area contributed by atoms with E-state index < -0.39 is 24.9 Å². The zero-order valence-corrected chi connectivity index (χ0v) is 11.9. The van der Waals surface area contributed by atoms with Crippen LogP contribution in [0.25, 0.3) is 0 Å². The van der Waals surface area contributed by atoms with Gasteiger partial charge in [-0.25, -0.2) is 16.8 Å². The number of sulfone groups is 1. The fourth-order valence-electron chi connectivity index (χ4n) is 1.27. The Hall–Kier alpha value is -0.650. The van der Waals surface area contributed by atoms with Crippen LogP contribution in [0.2, 0.25) is 0 Å². The van der Waals surface area contributed by atoms with E-state index in [-0.39, 0.29) is 25.4 Å². The minimum atomic E-state index is -3.85. The lowest BCUT2D eigenvalue weighted by Crippen LogP contribution is -2.38. The first-order chi connectivity index (χ1) is 7.58. The summed E-state index contributed by atoms with van der Waals surface area (Å²) in [5, 5.41) is 7.55. The molecule has 0 aromatic heterocycles. The van der Waals surface area contributed by atoms with Crippen LogP contribution in [0, 0.1) is 17.2 Å². The van der Waals surface area contributed by atoms with Gasteiger partial charge < -0.3 is 0 Å². The van der Waals surface area contributed by atoms with Crippen LogP contribution in [0.1, 0.15) is 20.3 Å². The Balaban J connectivity index is 4.96. The summed E-state index contributed by atoms with van der Waals surface area (Å²) >= 11 is 0. The maximum atomic E-state index is 11.8. The third kappa shape index (κ3) is 7.31. The zero-order chi connectivity index (χ0) is 13.7. The van der Waals surface area contributed by atoms with Crippen LogP contribution in [0.5, 0.6) is 0 Å². The summed E-state index contributed by atoms with van der Waals surface area (Å²) < 4.78 is 46.8. The average molecular weight is 282 g/mol. The van der Waals surface area contributed by atoms with Crippen molar-refractivity contribution in [2.24, 2.45) is 5.92 Å². The standard InChI is InChI=1S/C9H18N2O4S2/c1-9(2)7-11(6-4-5-10)17(14,15)8-16(3,12)13/h9H,4,6-8H2,1-3H3. The molecule has 0 heterocycles. The van der Waals surface area contributed by atoms with Crippen molar-refractivity contribution in [3.05, 3.63) is 0 Å². The van der Waals surface area contributed by atoms with E-state index in [4.69, 9.17) is 5.26 Å². The second-order valence-corrected chi connectivity index (χ2v) is 8.79. The highest BCUT2D eigenvalue weighted by molar-refractivity contribution is 8.06. The van der Waals surface area contributed by atoms with Crippen LogP contribution in [0.15, 0.2) is 0 Å². The van der Waals surface area contributed by atoms with Gasteiger partial charge in [-0.15, -0.1) is 0 Å². The van der Waals surface area contributed by atoms with Gasteiger partial charge in [0, 0.05) is 25.8 Å². The molecule has 0 aliphatic heterocycles. The number of rotatable bonds is 7. The fraction of sp³-hybridized carbons (Fsp3) is 0.889. The second kappa shape index (κ2) is 6.33. The lowest BCUT2D eigenvalue weighted by Gasteiger charge is -2.22. The summed E-state index contributed by atoms with van der Waals surface area (Å²) in [6.45, 7) is 3.91. The molecule has 0 amide bonds. The summed E-state index contributed by atoms with van der Waals surface area (Å²) in [4.78, 5) is 0. The summed E-state index contributed by atoms with van der Waals surface area (Å²) in [6, 6.07) is 1.85. The van der Waals surface area contributed by atoms with Crippen LogP contribution >= 0.6 is 0 Å². The number of nitriles is 1. The molecule has 0 radical (unpaired) electrons. The van der Waals surface area contributed by atoms with Crippen LogP contribution < -0.4 is 0 Å². The second-order valence-electron chi connectivity index (χ2n) is 4.32. The molecular formula is C9H18N2O4S2. The molecule has 0 aromatic rings. The monoisotopic (exact) mass is 282 g/mol. The van der Waals surface area contributed by atoms with Crippen LogP contribution in [0.3, 0.4) is 0 Å². The normalized spacial score (nSPS) is 12.9.